The maximum atomic E-state index is 5.39. The van der Waals surface area contributed by atoms with Crippen LogP contribution in [0.2, 0.25) is 0 Å². The summed E-state index contributed by atoms with van der Waals surface area (Å²) in [7, 11) is 2.03. The largest absolute Gasteiger partial charge is 0.469 e. The van der Waals surface area contributed by atoms with Gasteiger partial charge >= 0.3 is 0 Å². The van der Waals surface area contributed by atoms with Gasteiger partial charge in [-0.1, -0.05) is 27.7 Å². The summed E-state index contributed by atoms with van der Waals surface area (Å²) in [6, 6.07) is 4.50. The Bertz CT molecular complexity index is 284. The molecule has 2 unspecified atom stereocenters. The average Bonchev–Trinajstić information content (AvgIpc) is 2.67. The van der Waals surface area contributed by atoms with E-state index < -0.39 is 0 Å². The van der Waals surface area contributed by atoms with Gasteiger partial charge in [-0.25, -0.2) is 0 Å². The molecule has 1 rings (SSSR count). The molecule has 1 aromatic heterocycles. The lowest BCUT2D eigenvalue weighted by Crippen LogP contribution is -2.32. The standard InChI is InChI=1S/C14H25NO/c1-11(14(2,3)4)9-12(15-5)10-13-7-6-8-16-13/h6-8,11-12,15H,9-10H2,1-5H3. The van der Waals surface area contributed by atoms with Crippen LogP contribution in [0.5, 0.6) is 0 Å². The number of hydrogen-bond donors (Lipinski definition) is 1. The lowest BCUT2D eigenvalue weighted by atomic mass is 9.78. The fraction of sp³-hybridized carbons (Fsp3) is 0.714. The van der Waals surface area contributed by atoms with Crippen molar-refractivity contribution in [2.24, 2.45) is 11.3 Å². The van der Waals surface area contributed by atoms with Gasteiger partial charge in [-0.05, 0) is 36.9 Å². The molecule has 0 aliphatic heterocycles. The van der Waals surface area contributed by atoms with Crippen molar-refractivity contribution in [2.75, 3.05) is 7.05 Å². The van der Waals surface area contributed by atoms with E-state index in [0.717, 1.165) is 12.2 Å². The maximum absolute atomic E-state index is 5.39. The number of rotatable bonds is 5. The van der Waals surface area contributed by atoms with Crippen molar-refractivity contribution in [2.45, 2.75) is 46.6 Å². The van der Waals surface area contributed by atoms with Crippen LogP contribution in [0.25, 0.3) is 0 Å². The minimum Gasteiger partial charge on any atom is -0.469 e. The van der Waals surface area contributed by atoms with Crippen molar-refractivity contribution in [1.29, 1.82) is 0 Å². The van der Waals surface area contributed by atoms with Crippen LogP contribution in [0, 0.1) is 11.3 Å². The highest BCUT2D eigenvalue weighted by atomic mass is 16.3. The van der Waals surface area contributed by atoms with E-state index in [1.165, 1.54) is 6.42 Å². The Hall–Kier alpha value is -0.760. The molecule has 92 valence electrons. The van der Waals surface area contributed by atoms with Gasteiger partial charge in [-0.15, -0.1) is 0 Å². The van der Waals surface area contributed by atoms with E-state index in [0.29, 0.717) is 17.4 Å². The molecule has 0 bridgehead atoms. The first-order valence-electron chi connectivity index (χ1n) is 6.13. The topological polar surface area (TPSA) is 25.2 Å². The van der Waals surface area contributed by atoms with E-state index in [-0.39, 0.29) is 0 Å². The van der Waals surface area contributed by atoms with Crippen molar-refractivity contribution in [3.05, 3.63) is 24.2 Å². The van der Waals surface area contributed by atoms with Gasteiger partial charge in [0.05, 0.1) is 6.26 Å². The van der Waals surface area contributed by atoms with Crippen molar-refractivity contribution in [3.63, 3.8) is 0 Å². The molecule has 1 aromatic rings. The third kappa shape index (κ3) is 4.01. The van der Waals surface area contributed by atoms with E-state index in [9.17, 15) is 0 Å². The smallest absolute Gasteiger partial charge is 0.105 e. The highest BCUT2D eigenvalue weighted by molar-refractivity contribution is 5.00. The van der Waals surface area contributed by atoms with Gasteiger partial charge in [0.25, 0.3) is 0 Å². The minimum atomic E-state index is 0.373. The van der Waals surface area contributed by atoms with Crippen molar-refractivity contribution < 1.29 is 4.42 Å². The summed E-state index contributed by atoms with van der Waals surface area (Å²) in [5, 5.41) is 3.38. The number of hydrogen-bond acceptors (Lipinski definition) is 2. The molecule has 0 spiro atoms. The molecule has 1 heterocycles. The lowest BCUT2D eigenvalue weighted by molar-refractivity contribution is 0.222. The number of furan rings is 1. The van der Waals surface area contributed by atoms with E-state index in [1.54, 1.807) is 6.26 Å². The quantitative estimate of drug-likeness (QED) is 0.826. The summed E-state index contributed by atoms with van der Waals surface area (Å²) < 4.78 is 5.39. The molecule has 2 atom stereocenters. The molecule has 2 heteroatoms. The molecule has 0 fully saturated rings. The van der Waals surface area contributed by atoms with Gasteiger partial charge in [0.15, 0.2) is 0 Å². The summed E-state index contributed by atoms with van der Waals surface area (Å²) in [4.78, 5) is 0. The summed E-state index contributed by atoms with van der Waals surface area (Å²) in [5.74, 6) is 1.76. The molecule has 0 saturated carbocycles. The molecule has 0 aliphatic carbocycles. The second-order valence-electron chi connectivity index (χ2n) is 5.77. The molecule has 2 nitrogen and oxygen atoms in total. The molecule has 0 saturated heterocycles. The second kappa shape index (κ2) is 5.53. The Balaban J connectivity index is 2.49. The molecular formula is C14H25NO. The van der Waals surface area contributed by atoms with Gasteiger partial charge in [0.2, 0.25) is 0 Å². The Morgan fingerprint density at radius 1 is 1.38 bits per heavy atom. The van der Waals surface area contributed by atoms with E-state index in [2.05, 4.69) is 33.0 Å². The zero-order valence-corrected chi connectivity index (χ0v) is 11.2. The van der Waals surface area contributed by atoms with Crippen LogP contribution in [0.3, 0.4) is 0 Å². The fourth-order valence-electron chi connectivity index (χ4n) is 1.76. The van der Waals surface area contributed by atoms with Gasteiger partial charge in [-0.2, -0.15) is 0 Å². The normalized spacial score (nSPS) is 16.1. The predicted molar refractivity (Wildman–Crippen MR) is 68.5 cm³/mol. The van der Waals surface area contributed by atoms with Gasteiger partial charge < -0.3 is 9.73 Å². The molecule has 0 amide bonds. The molecule has 1 N–H and O–H groups in total. The fourth-order valence-corrected chi connectivity index (χ4v) is 1.76. The Labute approximate surface area is 99.4 Å². The molecular weight excluding hydrogens is 198 g/mol. The summed E-state index contributed by atoms with van der Waals surface area (Å²) >= 11 is 0. The Morgan fingerprint density at radius 2 is 2.06 bits per heavy atom. The van der Waals surface area contributed by atoms with E-state index in [4.69, 9.17) is 4.42 Å². The van der Waals surface area contributed by atoms with Gasteiger partial charge in [0, 0.05) is 12.5 Å². The summed E-state index contributed by atoms with van der Waals surface area (Å²) in [5.41, 5.74) is 0.373. The molecule has 0 aliphatic rings. The van der Waals surface area contributed by atoms with Crippen LogP contribution < -0.4 is 5.32 Å². The average molecular weight is 223 g/mol. The Morgan fingerprint density at radius 3 is 2.50 bits per heavy atom. The van der Waals surface area contributed by atoms with Crippen molar-refractivity contribution >= 4 is 0 Å². The van der Waals surface area contributed by atoms with Crippen LogP contribution in [0.15, 0.2) is 22.8 Å². The second-order valence-corrected chi connectivity index (χ2v) is 5.77. The zero-order chi connectivity index (χ0) is 12.2. The van der Waals surface area contributed by atoms with Gasteiger partial charge in [-0.3, -0.25) is 0 Å². The van der Waals surface area contributed by atoms with Crippen LogP contribution in [-0.4, -0.2) is 13.1 Å². The van der Waals surface area contributed by atoms with E-state index in [1.807, 2.05) is 19.2 Å². The summed E-state index contributed by atoms with van der Waals surface area (Å²) in [6.45, 7) is 9.23. The molecule has 0 aromatic carbocycles. The van der Waals surface area contributed by atoms with Crippen LogP contribution in [0.1, 0.15) is 39.9 Å². The van der Waals surface area contributed by atoms with Crippen LogP contribution in [-0.2, 0) is 6.42 Å². The number of likely N-dealkylation sites (N-methyl/N-ethyl adjacent to an activating group) is 1. The molecule has 0 radical (unpaired) electrons. The third-order valence-corrected chi connectivity index (χ3v) is 3.55. The maximum Gasteiger partial charge on any atom is 0.105 e. The third-order valence-electron chi connectivity index (χ3n) is 3.55. The minimum absolute atomic E-state index is 0.373. The summed E-state index contributed by atoms with van der Waals surface area (Å²) in [6.07, 6.45) is 3.90. The highest BCUT2D eigenvalue weighted by Crippen LogP contribution is 2.29. The zero-order valence-electron chi connectivity index (χ0n) is 11.2. The SMILES string of the molecule is CNC(Cc1ccco1)CC(C)C(C)(C)C. The van der Waals surface area contributed by atoms with Crippen LogP contribution in [0.4, 0.5) is 0 Å². The highest BCUT2D eigenvalue weighted by Gasteiger charge is 2.23. The van der Waals surface area contributed by atoms with Crippen LogP contribution >= 0.6 is 0 Å². The number of nitrogens with one attached hydrogen (secondary N) is 1. The Kier molecular flexibility index (Phi) is 4.60. The first-order valence-corrected chi connectivity index (χ1v) is 6.13. The molecule has 16 heavy (non-hydrogen) atoms. The van der Waals surface area contributed by atoms with Crippen molar-refractivity contribution in [1.82, 2.24) is 5.32 Å². The van der Waals surface area contributed by atoms with E-state index >= 15 is 0 Å². The predicted octanol–water partition coefficient (Wildman–Crippen LogP) is 3.48. The lowest BCUT2D eigenvalue weighted by Gasteiger charge is -2.30. The van der Waals surface area contributed by atoms with Crippen molar-refractivity contribution in [3.8, 4) is 0 Å². The monoisotopic (exact) mass is 223 g/mol. The first-order chi connectivity index (χ1) is 7.43. The van der Waals surface area contributed by atoms with Gasteiger partial charge in [0.1, 0.15) is 5.76 Å². The first kappa shape index (κ1) is 13.3.